The van der Waals surface area contributed by atoms with Crippen LogP contribution < -0.4 is 5.73 Å². The first-order chi connectivity index (χ1) is 6.09. The molecule has 5 nitrogen and oxygen atoms in total. The molecule has 0 fully saturated rings. The third-order valence-electron chi connectivity index (χ3n) is 1.48. The van der Waals surface area contributed by atoms with Gasteiger partial charge in [0, 0.05) is 18.8 Å². The second kappa shape index (κ2) is 3.75. The lowest BCUT2D eigenvalue weighted by Gasteiger charge is -1.86. The van der Waals surface area contributed by atoms with Gasteiger partial charge in [-0.3, -0.25) is 9.48 Å². The molecule has 1 rings (SSSR count). The Morgan fingerprint density at radius 3 is 3.00 bits per heavy atom. The maximum Gasteiger partial charge on any atom is 0.307 e. The summed E-state index contributed by atoms with van der Waals surface area (Å²) < 4.78 is 1.58. The van der Waals surface area contributed by atoms with Crippen molar-refractivity contribution in [1.82, 2.24) is 9.78 Å². The van der Waals surface area contributed by atoms with Crippen molar-refractivity contribution in [1.29, 1.82) is 0 Å². The van der Waals surface area contributed by atoms with E-state index >= 15 is 0 Å². The fraction of sp³-hybridized carbons (Fsp3) is 0.250. The first-order valence-corrected chi connectivity index (χ1v) is 3.77. The average molecular weight is 181 g/mol. The molecule has 0 spiro atoms. The molecule has 1 heterocycles. The van der Waals surface area contributed by atoms with Crippen LogP contribution >= 0.6 is 0 Å². The predicted molar refractivity (Wildman–Crippen MR) is 48.9 cm³/mol. The molecule has 0 amide bonds. The van der Waals surface area contributed by atoms with Gasteiger partial charge in [-0.1, -0.05) is 12.2 Å². The molecule has 0 unspecified atom stereocenters. The van der Waals surface area contributed by atoms with Gasteiger partial charge < -0.3 is 10.8 Å². The largest absolute Gasteiger partial charge is 0.481 e. The normalized spacial score (nSPS) is 10.8. The Bertz CT molecular complexity index is 341. The van der Waals surface area contributed by atoms with Crippen LogP contribution in [-0.2, 0) is 11.8 Å². The van der Waals surface area contributed by atoms with E-state index in [1.807, 2.05) is 0 Å². The van der Waals surface area contributed by atoms with E-state index < -0.39 is 5.97 Å². The summed E-state index contributed by atoms with van der Waals surface area (Å²) in [6, 6.07) is 0. The van der Waals surface area contributed by atoms with E-state index in [1.54, 1.807) is 24.0 Å². The molecule has 13 heavy (non-hydrogen) atoms. The van der Waals surface area contributed by atoms with Gasteiger partial charge in [0.05, 0.1) is 6.42 Å². The Morgan fingerprint density at radius 2 is 2.54 bits per heavy atom. The van der Waals surface area contributed by atoms with Crippen LogP contribution in [0.1, 0.15) is 12.0 Å². The number of hydrogen-bond acceptors (Lipinski definition) is 3. The van der Waals surface area contributed by atoms with Crippen LogP contribution in [0.4, 0.5) is 5.82 Å². The van der Waals surface area contributed by atoms with E-state index in [0.29, 0.717) is 5.82 Å². The summed E-state index contributed by atoms with van der Waals surface area (Å²) in [5.74, 6) is -0.456. The lowest BCUT2D eigenvalue weighted by Crippen LogP contribution is -1.91. The van der Waals surface area contributed by atoms with Crippen molar-refractivity contribution in [3.05, 3.63) is 17.8 Å². The van der Waals surface area contributed by atoms with Crippen LogP contribution in [0.3, 0.4) is 0 Å². The zero-order valence-corrected chi connectivity index (χ0v) is 7.27. The fourth-order valence-corrected chi connectivity index (χ4v) is 0.939. The Balaban J connectivity index is 2.68. The van der Waals surface area contributed by atoms with E-state index in [9.17, 15) is 4.79 Å². The topological polar surface area (TPSA) is 81.1 Å². The number of aromatic nitrogens is 2. The molecular formula is C8H11N3O2. The summed E-state index contributed by atoms with van der Waals surface area (Å²) in [5.41, 5.74) is 6.27. The van der Waals surface area contributed by atoms with Gasteiger partial charge in [-0.15, -0.1) is 0 Å². The van der Waals surface area contributed by atoms with Gasteiger partial charge >= 0.3 is 5.97 Å². The Hall–Kier alpha value is -1.78. The first-order valence-electron chi connectivity index (χ1n) is 3.77. The van der Waals surface area contributed by atoms with Gasteiger partial charge in [0.1, 0.15) is 0 Å². The van der Waals surface area contributed by atoms with Gasteiger partial charge in [-0.2, -0.15) is 5.10 Å². The van der Waals surface area contributed by atoms with Crippen molar-refractivity contribution in [3.63, 3.8) is 0 Å². The van der Waals surface area contributed by atoms with Crippen LogP contribution in [0, 0.1) is 0 Å². The third-order valence-corrected chi connectivity index (χ3v) is 1.48. The molecule has 0 saturated carbocycles. The number of carbonyl (C=O) groups is 1. The predicted octanol–water partition coefficient (Wildman–Crippen LogP) is 0.490. The summed E-state index contributed by atoms with van der Waals surface area (Å²) in [6.07, 6.45) is 4.91. The van der Waals surface area contributed by atoms with Crippen LogP contribution in [-0.4, -0.2) is 20.9 Å². The Kier molecular flexibility index (Phi) is 2.69. The highest BCUT2D eigenvalue weighted by atomic mass is 16.4. The molecule has 0 bridgehead atoms. The van der Waals surface area contributed by atoms with Gasteiger partial charge in [0.2, 0.25) is 0 Å². The highest BCUT2D eigenvalue weighted by Crippen LogP contribution is 2.09. The number of carboxylic acid groups (broad SMARTS) is 1. The zero-order chi connectivity index (χ0) is 9.84. The number of anilines is 1. The summed E-state index contributed by atoms with van der Waals surface area (Å²) >= 11 is 0. The van der Waals surface area contributed by atoms with E-state index in [2.05, 4.69) is 5.10 Å². The highest BCUT2D eigenvalue weighted by molar-refractivity contribution is 5.71. The number of aliphatic carboxylic acids is 1. The number of aryl methyl sites for hydroxylation is 1. The summed E-state index contributed by atoms with van der Waals surface area (Å²) in [5, 5.41) is 12.3. The van der Waals surface area contributed by atoms with E-state index in [4.69, 9.17) is 10.8 Å². The van der Waals surface area contributed by atoms with Crippen molar-refractivity contribution in [2.24, 2.45) is 7.05 Å². The molecule has 0 saturated heterocycles. The SMILES string of the molecule is Cn1cc(C=CCC(=O)O)c(N)n1. The Morgan fingerprint density at radius 1 is 1.85 bits per heavy atom. The number of rotatable bonds is 3. The van der Waals surface area contributed by atoms with E-state index in [1.165, 1.54) is 6.08 Å². The molecule has 0 aliphatic carbocycles. The molecule has 70 valence electrons. The summed E-state index contributed by atoms with van der Waals surface area (Å²) in [4.78, 5) is 10.2. The van der Waals surface area contributed by atoms with Crippen LogP contribution in [0.15, 0.2) is 12.3 Å². The van der Waals surface area contributed by atoms with Crippen molar-refractivity contribution < 1.29 is 9.90 Å². The van der Waals surface area contributed by atoms with Crippen molar-refractivity contribution in [2.75, 3.05) is 5.73 Å². The van der Waals surface area contributed by atoms with Gasteiger partial charge in [0.25, 0.3) is 0 Å². The molecule has 3 N–H and O–H groups in total. The van der Waals surface area contributed by atoms with E-state index in [-0.39, 0.29) is 6.42 Å². The zero-order valence-electron chi connectivity index (χ0n) is 7.27. The monoisotopic (exact) mass is 181 g/mol. The number of hydrogen-bond donors (Lipinski definition) is 2. The highest BCUT2D eigenvalue weighted by Gasteiger charge is 1.99. The smallest absolute Gasteiger partial charge is 0.307 e. The van der Waals surface area contributed by atoms with Gasteiger partial charge in [0.15, 0.2) is 5.82 Å². The number of nitrogens with two attached hydrogens (primary N) is 1. The van der Waals surface area contributed by atoms with Crippen LogP contribution in [0.2, 0.25) is 0 Å². The standard InChI is InChI=1S/C8H11N3O2/c1-11-5-6(8(9)10-11)3-2-4-7(12)13/h2-3,5H,4H2,1H3,(H2,9,10)(H,12,13). The molecule has 0 aromatic carbocycles. The molecule has 1 aromatic rings. The van der Waals surface area contributed by atoms with Gasteiger partial charge in [-0.25, -0.2) is 0 Å². The van der Waals surface area contributed by atoms with Crippen molar-refractivity contribution in [2.45, 2.75) is 6.42 Å². The lowest BCUT2D eigenvalue weighted by molar-refractivity contribution is -0.135. The number of nitrogen functional groups attached to an aromatic ring is 1. The summed E-state index contributed by atoms with van der Waals surface area (Å²) in [7, 11) is 1.75. The number of nitrogens with zero attached hydrogens (tertiary/aromatic N) is 2. The van der Waals surface area contributed by atoms with Crippen LogP contribution in [0.5, 0.6) is 0 Å². The molecular weight excluding hydrogens is 170 g/mol. The quantitative estimate of drug-likeness (QED) is 0.711. The van der Waals surface area contributed by atoms with Crippen molar-refractivity contribution >= 4 is 17.9 Å². The van der Waals surface area contributed by atoms with E-state index in [0.717, 1.165) is 5.56 Å². The van der Waals surface area contributed by atoms with Crippen LogP contribution in [0.25, 0.3) is 6.08 Å². The van der Waals surface area contributed by atoms with Crippen molar-refractivity contribution in [3.8, 4) is 0 Å². The second-order valence-electron chi connectivity index (χ2n) is 2.64. The Labute approximate surface area is 75.5 Å². The molecule has 1 aromatic heterocycles. The average Bonchev–Trinajstić information content (AvgIpc) is 2.29. The molecule has 0 radical (unpaired) electrons. The number of carboxylic acids is 1. The maximum absolute atomic E-state index is 10.2. The molecule has 5 heteroatoms. The molecule has 0 atom stereocenters. The van der Waals surface area contributed by atoms with Gasteiger partial charge in [-0.05, 0) is 0 Å². The first kappa shape index (κ1) is 9.31. The fourth-order valence-electron chi connectivity index (χ4n) is 0.939. The maximum atomic E-state index is 10.2. The second-order valence-corrected chi connectivity index (χ2v) is 2.64. The minimum Gasteiger partial charge on any atom is -0.481 e. The molecule has 0 aliphatic rings. The third kappa shape index (κ3) is 2.62. The molecule has 0 aliphatic heterocycles. The minimum atomic E-state index is -0.862. The lowest BCUT2D eigenvalue weighted by atomic mass is 10.2. The summed E-state index contributed by atoms with van der Waals surface area (Å²) in [6.45, 7) is 0. The minimum absolute atomic E-state index is 0.00562.